The Labute approximate surface area is 183 Å². The molecule has 30 heavy (non-hydrogen) atoms. The van der Waals surface area contributed by atoms with Crippen LogP contribution in [0.1, 0.15) is 51.7 Å². The van der Waals surface area contributed by atoms with E-state index in [1.807, 2.05) is 12.1 Å². The van der Waals surface area contributed by atoms with Crippen LogP contribution in [-0.2, 0) is 13.1 Å². The predicted octanol–water partition coefficient (Wildman–Crippen LogP) is 4.45. The van der Waals surface area contributed by atoms with Crippen molar-refractivity contribution in [2.75, 3.05) is 13.2 Å². The molecule has 0 aromatic heterocycles. The van der Waals surface area contributed by atoms with Crippen LogP contribution in [0.5, 0.6) is 0 Å². The van der Waals surface area contributed by atoms with Gasteiger partial charge in [0.1, 0.15) is 0 Å². The molecule has 0 saturated carbocycles. The van der Waals surface area contributed by atoms with Crippen LogP contribution in [0.2, 0.25) is 0 Å². The van der Waals surface area contributed by atoms with Gasteiger partial charge >= 0.3 is 0 Å². The van der Waals surface area contributed by atoms with Crippen molar-refractivity contribution >= 4 is 0 Å². The minimum absolute atomic E-state index is 0.0185. The number of nitrogens with two attached hydrogens (primary N) is 1. The Balaban J connectivity index is 0.000000479. The van der Waals surface area contributed by atoms with E-state index in [4.69, 9.17) is 10.8 Å². The lowest BCUT2D eigenvalue weighted by atomic mass is 10.0. The van der Waals surface area contributed by atoms with Crippen molar-refractivity contribution in [3.05, 3.63) is 71.8 Å². The van der Waals surface area contributed by atoms with Gasteiger partial charge in [-0.05, 0) is 35.8 Å². The third-order valence-electron chi connectivity index (χ3n) is 4.94. The van der Waals surface area contributed by atoms with E-state index < -0.39 is 0 Å². The number of hydrogen-bond acceptors (Lipinski definition) is 4. The summed E-state index contributed by atoms with van der Waals surface area (Å²) in [4.78, 5) is 2.39. The molecule has 0 amide bonds. The zero-order chi connectivity index (χ0) is 22.4. The molecular formula is C26H42N2O2. The number of nitrogens with zero attached hydrogens (tertiary/aromatic N) is 1. The van der Waals surface area contributed by atoms with Crippen LogP contribution in [0.4, 0.5) is 0 Å². The van der Waals surface area contributed by atoms with Crippen molar-refractivity contribution in [2.24, 2.45) is 17.6 Å². The van der Waals surface area contributed by atoms with E-state index in [2.05, 4.69) is 81.1 Å². The minimum Gasteiger partial charge on any atom is -0.395 e. The average Bonchev–Trinajstić information content (AvgIpc) is 2.73. The Kier molecular flexibility index (Phi) is 13.3. The first-order valence-corrected chi connectivity index (χ1v) is 11.1. The summed E-state index contributed by atoms with van der Waals surface area (Å²) in [5.41, 5.74) is 8.01. The molecule has 0 bridgehead atoms. The molecule has 168 valence electrons. The summed E-state index contributed by atoms with van der Waals surface area (Å²) in [5.74, 6) is 1.17. The van der Waals surface area contributed by atoms with E-state index in [1.54, 1.807) is 0 Å². The van der Waals surface area contributed by atoms with E-state index >= 15 is 0 Å². The highest BCUT2D eigenvalue weighted by Gasteiger charge is 2.19. The van der Waals surface area contributed by atoms with Gasteiger partial charge in [-0.3, -0.25) is 4.90 Å². The van der Waals surface area contributed by atoms with Crippen LogP contribution in [0.25, 0.3) is 0 Å². The van der Waals surface area contributed by atoms with Gasteiger partial charge in [-0.1, -0.05) is 88.4 Å². The molecule has 2 aromatic rings. The molecular weight excluding hydrogens is 372 g/mol. The maximum atomic E-state index is 9.86. The minimum atomic E-state index is -0.0185. The van der Waals surface area contributed by atoms with Gasteiger partial charge in [-0.2, -0.15) is 0 Å². The Morgan fingerprint density at radius 2 is 1.13 bits per heavy atom. The topological polar surface area (TPSA) is 69.7 Å². The summed E-state index contributed by atoms with van der Waals surface area (Å²) < 4.78 is 0. The van der Waals surface area contributed by atoms with Gasteiger partial charge in [0, 0.05) is 25.2 Å². The standard InChI is InChI=1S/C20H27NO.C6H15NO/c1-17(2)13-20(16-22)21(14-18-9-5-3-6-10-18)15-19-11-7-4-8-12-19;1-5(2)3-6(7)4-8/h3-12,17,20,22H,13-16H2,1-2H3;5-6,8H,3-4,7H2,1-2H3/t20-;6-/m10/s1. The molecule has 0 unspecified atom stereocenters. The van der Waals surface area contributed by atoms with Crippen molar-refractivity contribution < 1.29 is 10.2 Å². The van der Waals surface area contributed by atoms with Crippen LogP contribution in [0.3, 0.4) is 0 Å². The summed E-state index contributed by atoms with van der Waals surface area (Å²) in [5, 5.41) is 18.3. The van der Waals surface area contributed by atoms with E-state index in [1.165, 1.54) is 11.1 Å². The van der Waals surface area contributed by atoms with Gasteiger partial charge < -0.3 is 15.9 Å². The highest BCUT2D eigenvalue weighted by molar-refractivity contribution is 5.17. The van der Waals surface area contributed by atoms with Gasteiger partial charge in [0.2, 0.25) is 0 Å². The molecule has 0 aliphatic rings. The van der Waals surface area contributed by atoms with Crippen LogP contribution in [0.15, 0.2) is 60.7 Å². The highest BCUT2D eigenvalue weighted by Crippen LogP contribution is 2.18. The summed E-state index contributed by atoms with van der Waals surface area (Å²) in [6, 6.07) is 21.2. The second kappa shape index (κ2) is 15.1. The third-order valence-corrected chi connectivity index (χ3v) is 4.94. The van der Waals surface area contributed by atoms with E-state index in [9.17, 15) is 5.11 Å². The Bertz CT molecular complexity index is 605. The summed E-state index contributed by atoms with van der Waals surface area (Å²) in [6.07, 6.45) is 1.92. The molecule has 0 fully saturated rings. The van der Waals surface area contributed by atoms with Gasteiger partial charge in [-0.25, -0.2) is 0 Å². The van der Waals surface area contributed by atoms with E-state index in [0.29, 0.717) is 11.8 Å². The van der Waals surface area contributed by atoms with E-state index in [-0.39, 0.29) is 25.3 Å². The fraction of sp³-hybridized carbons (Fsp3) is 0.538. The molecule has 0 aliphatic heterocycles. The van der Waals surface area contributed by atoms with Crippen LogP contribution in [0, 0.1) is 11.8 Å². The molecule has 2 rings (SSSR count). The first-order chi connectivity index (χ1) is 14.3. The molecule has 2 aromatic carbocycles. The average molecular weight is 415 g/mol. The van der Waals surface area contributed by atoms with Gasteiger partial charge in [0.15, 0.2) is 0 Å². The molecule has 0 aliphatic carbocycles. The van der Waals surface area contributed by atoms with Gasteiger partial charge in [0.05, 0.1) is 13.2 Å². The second-order valence-corrected chi connectivity index (χ2v) is 8.91. The summed E-state index contributed by atoms with van der Waals surface area (Å²) in [6.45, 7) is 10.7. The number of aliphatic hydroxyl groups excluding tert-OH is 2. The number of rotatable bonds is 11. The predicted molar refractivity (Wildman–Crippen MR) is 127 cm³/mol. The first kappa shape index (κ1) is 26.3. The first-order valence-electron chi connectivity index (χ1n) is 11.1. The van der Waals surface area contributed by atoms with Crippen molar-refractivity contribution in [3.8, 4) is 0 Å². The quantitative estimate of drug-likeness (QED) is 0.508. The lowest BCUT2D eigenvalue weighted by Gasteiger charge is -2.32. The largest absolute Gasteiger partial charge is 0.395 e. The van der Waals surface area contributed by atoms with Crippen LogP contribution < -0.4 is 5.73 Å². The van der Waals surface area contributed by atoms with E-state index in [0.717, 1.165) is 25.9 Å². The molecule has 4 heteroatoms. The monoisotopic (exact) mass is 414 g/mol. The fourth-order valence-electron chi connectivity index (χ4n) is 3.51. The molecule has 4 N–H and O–H groups in total. The third kappa shape index (κ3) is 11.5. The number of aliphatic hydroxyl groups is 2. The molecule has 0 radical (unpaired) electrons. The zero-order valence-corrected chi connectivity index (χ0v) is 19.2. The SMILES string of the molecule is CC(C)C[C@H](CO)N(Cc1ccccc1)Cc1ccccc1.CC(C)C[C@H](N)CO. The smallest absolute Gasteiger partial charge is 0.0587 e. The molecule has 2 atom stereocenters. The maximum absolute atomic E-state index is 9.86. The van der Waals surface area contributed by atoms with Crippen molar-refractivity contribution in [2.45, 2.75) is 65.7 Å². The maximum Gasteiger partial charge on any atom is 0.0587 e. The molecule has 0 saturated heterocycles. The summed E-state index contributed by atoms with van der Waals surface area (Å²) in [7, 11) is 0. The number of benzene rings is 2. The Hall–Kier alpha value is -1.72. The Morgan fingerprint density at radius 3 is 1.43 bits per heavy atom. The van der Waals surface area contributed by atoms with Crippen molar-refractivity contribution in [1.82, 2.24) is 4.90 Å². The Morgan fingerprint density at radius 1 is 0.700 bits per heavy atom. The normalized spacial score (nSPS) is 13.3. The summed E-state index contributed by atoms with van der Waals surface area (Å²) >= 11 is 0. The molecule has 4 nitrogen and oxygen atoms in total. The fourth-order valence-corrected chi connectivity index (χ4v) is 3.51. The van der Waals surface area contributed by atoms with Crippen LogP contribution >= 0.6 is 0 Å². The number of hydrogen-bond donors (Lipinski definition) is 3. The second-order valence-electron chi connectivity index (χ2n) is 8.91. The van der Waals surface area contributed by atoms with Gasteiger partial charge in [0.25, 0.3) is 0 Å². The van der Waals surface area contributed by atoms with Gasteiger partial charge in [-0.15, -0.1) is 0 Å². The zero-order valence-electron chi connectivity index (χ0n) is 19.2. The molecule has 0 heterocycles. The molecule has 0 spiro atoms. The highest BCUT2D eigenvalue weighted by atomic mass is 16.3. The lowest BCUT2D eigenvalue weighted by molar-refractivity contribution is 0.0941. The lowest BCUT2D eigenvalue weighted by Crippen LogP contribution is -2.38. The van der Waals surface area contributed by atoms with Crippen molar-refractivity contribution in [3.63, 3.8) is 0 Å². The van der Waals surface area contributed by atoms with Crippen molar-refractivity contribution in [1.29, 1.82) is 0 Å². The van der Waals surface area contributed by atoms with Crippen LogP contribution in [-0.4, -0.2) is 40.4 Å².